The van der Waals surface area contributed by atoms with Crippen LogP contribution in [0.2, 0.25) is 0 Å². The standard InChI is InChI=1S/C52H36N2O/c1-33-20-27-47-44(30-33)45-31-34(2)21-28-48(45)53(47)37-22-24-38(25-23-37)54(46-29-26-39(35-12-4-3-5-13-35)41-16-8-9-17-42(41)46)49-32-36-14-6-7-15-40(36)52-51(49)43-18-10-11-19-50(43)55-52/h3-32H,1-2H3. The molecule has 2 aromatic heterocycles. The Morgan fingerprint density at radius 3 is 1.80 bits per heavy atom. The summed E-state index contributed by atoms with van der Waals surface area (Å²) in [6.45, 7) is 4.34. The number of furan rings is 1. The van der Waals surface area contributed by atoms with Crippen molar-refractivity contribution < 1.29 is 4.42 Å². The third-order valence-electron chi connectivity index (χ3n) is 11.3. The number of fused-ring (bicyclic) bond motifs is 9. The summed E-state index contributed by atoms with van der Waals surface area (Å²) in [5.74, 6) is 0. The maximum atomic E-state index is 6.73. The van der Waals surface area contributed by atoms with Crippen molar-refractivity contribution >= 4 is 82.4 Å². The van der Waals surface area contributed by atoms with Crippen molar-refractivity contribution in [3.05, 3.63) is 193 Å². The first-order valence-electron chi connectivity index (χ1n) is 18.9. The van der Waals surface area contributed by atoms with Gasteiger partial charge in [0.1, 0.15) is 11.2 Å². The molecule has 0 radical (unpaired) electrons. The first kappa shape index (κ1) is 31.4. The summed E-state index contributed by atoms with van der Waals surface area (Å²) in [5.41, 5.74) is 13.5. The van der Waals surface area contributed by atoms with Crippen LogP contribution in [0.4, 0.5) is 17.1 Å². The average Bonchev–Trinajstić information content (AvgIpc) is 3.77. The van der Waals surface area contributed by atoms with Gasteiger partial charge in [-0.2, -0.15) is 0 Å². The number of anilines is 3. The maximum absolute atomic E-state index is 6.73. The highest BCUT2D eigenvalue weighted by Gasteiger charge is 2.24. The molecule has 260 valence electrons. The molecule has 0 fully saturated rings. The van der Waals surface area contributed by atoms with Gasteiger partial charge >= 0.3 is 0 Å². The SMILES string of the molecule is Cc1ccc2c(c1)c1cc(C)ccc1n2-c1ccc(N(c2ccc(-c3ccccc3)c3ccccc23)c2cc3ccccc3c3oc4ccccc4c23)cc1. The van der Waals surface area contributed by atoms with E-state index >= 15 is 0 Å². The van der Waals surface area contributed by atoms with Gasteiger partial charge in [-0.05, 0) is 102 Å². The van der Waals surface area contributed by atoms with Gasteiger partial charge in [0.05, 0.1) is 27.8 Å². The fourth-order valence-corrected chi connectivity index (χ4v) is 8.75. The Morgan fingerprint density at radius 1 is 0.455 bits per heavy atom. The highest BCUT2D eigenvalue weighted by Crippen LogP contribution is 2.48. The molecule has 0 saturated heterocycles. The normalized spacial score (nSPS) is 11.8. The molecule has 9 aromatic carbocycles. The number of nitrogens with zero attached hydrogens (tertiary/aromatic N) is 2. The van der Waals surface area contributed by atoms with E-state index in [1.165, 1.54) is 54.8 Å². The molecule has 0 saturated carbocycles. The summed E-state index contributed by atoms with van der Waals surface area (Å²) >= 11 is 0. The predicted octanol–water partition coefficient (Wildman–Crippen LogP) is 14.7. The van der Waals surface area contributed by atoms with E-state index in [0.717, 1.165) is 55.5 Å². The molecule has 11 rings (SSSR count). The minimum atomic E-state index is 0.881. The molecule has 0 aliphatic carbocycles. The van der Waals surface area contributed by atoms with Crippen LogP contribution in [0, 0.1) is 13.8 Å². The van der Waals surface area contributed by atoms with Crippen molar-refractivity contribution in [3.8, 4) is 16.8 Å². The van der Waals surface area contributed by atoms with E-state index in [4.69, 9.17) is 4.42 Å². The largest absolute Gasteiger partial charge is 0.455 e. The van der Waals surface area contributed by atoms with Crippen molar-refractivity contribution in [1.82, 2.24) is 4.57 Å². The van der Waals surface area contributed by atoms with E-state index in [-0.39, 0.29) is 0 Å². The molecular weight excluding hydrogens is 669 g/mol. The minimum Gasteiger partial charge on any atom is -0.455 e. The van der Waals surface area contributed by atoms with E-state index in [2.05, 4.69) is 205 Å². The second kappa shape index (κ2) is 12.2. The van der Waals surface area contributed by atoms with Crippen LogP contribution in [0.5, 0.6) is 0 Å². The van der Waals surface area contributed by atoms with Crippen LogP contribution in [0.1, 0.15) is 11.1 Å². The summed E-state index contributed by atoms with van der Waals surface area (Å²) in [7, 11) is 0. The lowest BCUT2D eigenvalue weighted by atomic mass is 9.95. The fraction of sp³-hybridized carbons (Fsp3) is 0.0385. The molecule has 0 amide bonds. The van der Waals surface area contributed by atoms with Crippen LogP contribution in [-0.2, 0) is 0 Å². The van der Waals surface area contributed by atoms with Gasteiger partial charge in [0.2, 0.25) is 0 Å². The molecule has 2 heterocycles. The molecule has 0 bridgehead atoms. The van der Waals surface area contributed by atoms with Crippen LogP contribution in [0.15, 0.2) is 186 Å². The van der Waals surface area contributed by atoms with E-state index in [1.54, 1.807) is 0 Å². The van der Waals surface area contributed by atoms with Gasteiger partial charge in [0.15, 0.2) is 0 Å². The molecule has 11 aromatic rings. The first-order chi connectivity index (χ1) is 27.1. The van der Waals surface area contributed by atoms with Crippen LogP contribution in [0.25, 0.3) is 82.1 Å². The maximum Gasteiger partial charge on any atom is 0.145 e. The van der Waals surface area contributed by atoms with Gasteiger partial charge in [0, 0.05) is 38.3 Å². The molecular formula is C52H36N2O. The lowest BCUT2D eigenvalue weighted by Gasteiger charge is -2.29. The van der Waals surface area contributed by atoms with Gasteiger partial charge in [-0.15, -0.1) is 0 Å². The molecule has 0 spiro atoms. The number of hydrogen-bond acceptors (Lipinski definition) is 2. The second-order valence-electron chi connectivity index (χ2n) is 14.7. The molecule has 3 nitrogen and oxygen atoms in total. The fourth-order valence-electron chi connectivity index (χ4n) is 8.75. The molecule has 0 atom stereocenters. The Hall–Kier alpha value is -7.10. The zero-order valence-electron chi connectivity index (χ0n) is 30.6. The molecule has 0 unspecified atom stereocenters. The zero-order valence-corrected chi connectivity index (χ0v) is 30.6. The highest BCUT2D eigenvalue weighted by molar-refractivity contribution is 6.22. The zero-order chi connectivity index (χ0) is 36.6. The van der Waals surface area contributed by atoms with Gasteiger partial charge in [-0.3, -0.25) is 0 Å². The first-order valence-corrected chi connectivity index (χ1v) is 18.9. The Morgan fingerprint density at radius 2 is 1.07 bits per heavy atom. The van der Waals surface area contributed by atoms with Crippen molar-refractivity contribution in [1.29, 1.82) is 0 Å². The Bertz CT molecular complexity index is 3220. The second-order valence-corrected chi connectivity index (χ2v) is 14.7. The Balaban J connectivity index is 1.20. The smallest absolute Gasteiger partial charge is 0.145 e. The average molecular weight is 705 g/mol. The number of aryl methyl sites for hydroxylation is 2. The summed E-state index contributed by atoms with van der Waals surface area (Å²) in [6.07, 6.45) is 0. The summed E-state index contributed by atoms with van der Waals surface area (Å²) in [6, 6.07) is 66.0. The van der Waals surface area contributed by atoms with Crippen LogP contribution in [0.3, 0.4) is 0 Å². The third-order valence-corrected chi connectivity index (χ3v) is 11.3. The van der Waals surface area contributed by atoms with E-state index in [1.807, 2.05) is 0 Å². The number of benzene rings is 9. The van der Waals surface area contributed by atoms with E-state index in [0.29, 0.717) is 0 Å². The molecule has 0 aliphatic rings. The van der Waals surface area contributed by atoms with Crippen LogP contribution < -0.4 is 4.90 Å². The summed E-state index contributed by atoms with van der Waals surface area (Å²) < 4.78 is 9.13. The quantitative estimate of drug-likeness (QED) is 0.178. The number of para-hydroxylation sites is 1. The van der Waals surface area contributed by atoms with E-state index in [9.17, 15) is 0 Å². The summed E-state index contributed by atoms with van der Waals surface area (Å²) in [4.78, 5) is 2.44. The molecule has 0 aliphatic heterocycles. The molecule has 0 N–H and O–H groups in total. The van der Waals surface area contributed by atoms with E-state index < -0.39 is 0 Å². The Labute approximate surface area is 318 Å². The third kappa shape index (κ3) is 4.90. The molecule has 55 heavy (non-hydrogen) atoms. The lowest BCUT2D eigenvalue weighted by molar-refractivity contribution is 0.672. The van der Waals surface area contributed by atoms with Crippen molar-refractivity contribution in [2.24, 2.45) is 0 Å². The molecule has 3 heteroatoms. The lowest BCUT2D eigenvalue weighted by Crippen LogP contribution is -2.11. The number of aromatic nitrogens is 1. The van der Waals surface area contributed by atoms with Gasteiger partial charge in [-0.25, -0.2) is 0 Å². The van der Waals surface area contributed by atoms with Crippen molar-refractivity contribution in [2.75, 3.05) is 4.90 Å². The minimum absolute atomic E-state index is 0.881. The van der Waals surface area contributed by atoms with Crippen molar-refractivity contribution in [3.63, 3.8) is 0 Å². The monoisotopic (exact) mass is 704 g/mol. The van der Waals surface area contributed by atoms with Gasteiger partial charge in [0.25, 0.3) is 0 Å². The number of rotatable bonds is 5. The van der Waals surface area contributed by atoms with Crippen LogP contribution in [-0.4, -0.2) is 4.57 Å². The summed E-state index contributed by atoms with van der Waals surface area (Å²) in [5, 5.41) is 9.37. The van der Waals surface area contributed by atoms with Crippen LogP contribution >= 0.6 is 0 Å². The number of hydrogen-bond donors (Lipinski definition) is 0. The predicted molar refractivity (Wildman–Crippen MR) is 233 cm³/mol. The topological polar surface area (TPSA) is 21.3 Å². The van der Waals surface area contributed by atoms with Gasteiger partial charge in [-0.1, -0.05) is 126 Å². The van der Waals surface area contributed by atoms with Gasteiger partial charge < -0.3 is 13.9 Å². The highest BCUT2D eigenvalue weighted by atomic mass is 16.3. The van der Waals surface area contributed by atoms with Crippen molar-refractivity contribution in [2.45, 2.75) is 13.8 Å². The Kier molecular flexibility index (Phi) is 6.99.